The Balaban J connectivity index is 1.23. The second-order valence-electron chi connectivity index (χ2n) is 10.8. The molecule has 0 aliphatic heterocycles. The van der Waals surface area contributed by atoms with Crippen LogP contribution in [0.4, 0.5) is 4.39 Å². The molecule has 1 aromatic heterocycles. The maximum atomic E-state index is 14.3. The van der Waals surface area contributed by atoms with Crippen LogP contribution in [-0.4, -0.2) is 10.6 Å². The van der Waals surface area contributed by atoms with Crippen LogP contribution in [0.2, 0.25) is 0 Å². The summed E-state index contributed by atoms with van der Waals surface area (Å²) in [5, 5.41) is 5.23. The number of nitrogens with zero attached hydrogens (tertiary/aromatic N) is 1. The number of hydrogen-bond acceptors (Lipinski definition) is 1. The van der Waals surface area contributed by atoms with Gasteiger partial charge < -0.3 is 9.88 Å². The third kappa shape index (κ3) is 3.42. The van der Waals surface area contributed by atoms with Gasteiger partial charge in [0.2, 0.25) is 0 Å². The van der Waals surface area contributed by atoms with E-state index in [0.29, 0.717) is 18.0 Å². The number of halogens is 1. The van der Waals surface area contributed by atoms with Gasteiger partial charge in [-0.25, -0.2) is 4.39 Å². The van der Waals surface area contributed by atoms with Gasteiger partial charge in [0.05, 0.1) is 6.54 Å². The van der Waals surface area contributed by atoms with Crippen LogP contribution >= 0.6 is 0 Å². The number of benzene rings is 2. The molecule has 2 nitrogen and oxygen atoms in total. The minimum atomic E-state index is -0.129. The summed E-state index contributed by atoms with van der Waals surface area (Å²) in [6.07, 6.45) is 11.0. The lowest BCUT2D eigenvalue weighted by atomic mass is 9.48. The Morgan fingerprint density at radius 1 is 0.935 bits per heavy atom. The zero-order valence-corrected chi connectivity index (χ0v) is 18.5. The molecule has 1 atom stereocenters. The van der Waals surface area contributed by atoms with Crippen LogP contribution < -0.4 is 5.32 Å². The van der Waals surface area contributed by atoms with Crippen molar-refractivity contribution in [2.24, 2.45) is 23.2 Å². The van der Waals surface area contributed by atoms with Crippen LogP contribution in [0.25, 0.3) is 10.9 Å². The lowest BCUT2D eigenvalue weighted by Crippen LogP contribution is -2.54. The highest BCUT2D eigenvalue weighted by atomic mass is 19.1. The fraction of sp³-hybridized carbons (Fsp3) is 0.500. The Hall–Kier alpha value is -2.13. The highest BCUT2D eigenvalue weighted by Crippen LogP contribution is 2.61. The van der Waals surface area contributed by atoms with Crippen molar-refractivity contribution in [1.29, 1.82) is 0 Å². The number of nitrogens with one attached hydrogen (secondary N) is 1. The predicted molar refractivity (Wildman–Crippen MR) is 124 cm³/mol. The van der Waals surface area contributed by atoms with Crippen LogP contribution in [0.1, 0.15) is 56.6 Å². The first-order valence-corrected chi connectivity index (χ1v) is 12.1. The van der Waals surface area contributed by atoms with Crippen LogP contribution in [0, 0.1) is 29.0 Å². The zero-order chi connectivity index (χ0) is 21.0. The summed E-state index contributed by atoms with van der Waals surface area (Å²) < 4.78 is 16.5. The minimum absolute atomic E-state index is 0.129. The summed E-state index contributed by atoms with van der Waals surface area (Å²) in [5.41, 5.74) is 3.76. The lowest BCUT2D eigenvalue weighted by molar-refractivity contribution is -0.0706. The van der Waals surface area contributed by atoms with E-state index in [1.165, 1.54) is 55.0 Å². The number of para-hydroxylation sites is 1. The average molecular weight is 417 g/mol. The number of fused-ring (bicyclic) bond motifs is 1. The van der Waals surface area contributed by atoms with Crippen molar-refractivity contribution < 1.29 is 4.39 Å². The van der Waals surface area contributed by atoms with Crippen molar-refractivity contribution in [3.63, 3.8) is 0 Å². The quantitative estimate of drug-likeness (QED) is 0.484. The fourth-order valence-electron chi connectivity index (χ4n) is 7.59. The molecule has 4 aliphatic rings. The van der Waals surface area contributed by atoms with Gasteiger partial charge in [0.1, 0.15) is 5.82 Å². The summed E-state index contributed by atoms with van der Waals surface area (Å²) in [6.45, 7) is 3.89. The molecule has 0 amide bonds. The molecule has 0 spiro atoms. The standard InChI is InChI=1S/C28H33FN2/c1-19(28-13-20-10-21(14-28)12-22(11-20)15-28)30-16-24-18-31(27-9-5-3-7-25(24)27)17-23-6-2-4-8-26(23)29/h2-9,18-22,30H,10-17H2,1H3/t19-,20?,21?,22?,28?/m0/s1. The molecule has 162 valence electrons. The normalized spacial score (nSPS) is 30.2. The van der Waals surface area contributed by atoms with E-state index >= 15 is 0 Å². The van der Waals surface area contributed by atoms with Gasteiger partial charge in [-0.1, -0.05) is 36.4 Å². The van der Waals surface area contributed by atoms with E-state index in [2.05, 4.69) is 47.3 Å². The third-order valence-corrected chi connectivity index (χ3v) is 8.77. The summed E-state index contributed by atoms with van der Waals surface area (Å²) in [7, 11) is 0. The summed E-state index contributed by atoms with van der Waals surface area (Å²) in [4.78, 5) is 0. The van der Waals surface area contributed by atoms with Gasteiger partial charge in [0, 0.05) is 35.2 Å². The van der Waals surface area contributed by atoms with Crippen molar-refractivity contribution in [3.05, 3.63) is 71.7 Å². The van der Waals surface area contributed by atoms with Crippen LogP contribution in [-0.2, 0) is 13.1 Å². The van der Waals surface area contributed by atoms with E-state index in [9.17, 15) is 4.39 Å². The first-order valence-electron chi connectivity index (χ1n) is 12.1. The average Bonchev–Trinajstić information content (AvgIpc) is 3.10. The Kier molecular flexibility index (Phi) is 4.72. The molecular formula is C28H33FN2. The fourth-order valence-corrected chi connectivity index (χ4v) is 7.59. The molecule has 1 N–H and O–H groups in total. The molecule has 4 bridgehead atoms. The monoisotopic (exact) mass is 416 g/mol. The molecule has 7 rings (SSSR count). The number of aromatic nitrogens is 1. The highest BCUT2D eigenvalue weighted by molar-refractivity contribution is 5.84. The van der Waals surface area contributed by atoms with Crippen LogP contribution in [0.3, 0.4) is 0 Å². The number of rotatable bonds is 6. The molecule has 1 heterocycles. The van der Waals surface area contributed by atoms with Gasteiger partial charge in [0.15, 0.2) is 0 Å². The maximum Gasteiger partial charge on any atom is 0.128 e. The van der Waals surface area contributed by atoms with E-state index in [1.807, 2.05) is 12.1 Å². The molecule has 0 saturated heterocycles. The van der Waals surface area contributed by atoms with Crippen molar-refractivity contribution in [2.75, 3.05) is 0 Å². The van der Waals surface area contributed by atoms with Gasteiger partial charge in [-0.2, -0.15) is 0 Å². The molecule has 4 fully saturated rings. The Morgan fingerprint density at radius 3 is 2.29 bits per heavy atom. The Labute approximate surface area is 184 Å². The third-order valence-electron chi connectivity index (χ3n) is 8.77. The molecule has 3 aromatic rings. The van der Waals surface area contributed by atoms with Gasteiger partial charge in [-0.05, 0) is 86.3 Å². The molecule has 4 saturated carbocycles. The van der Waals surface area contributed by atoms with Gasteiger partial charge >= 0.3 is 0 Å². The van der Waals surface area contributed by atoms with Crippen molar-refractivity contribution in [3.8, 4) is 0 Å². The molecular weight excluding hydrogens is 383 g/mol. The van der Waals surface area contributed by atoms with E-state index in [0.717, 1.165) is 29.9 Å². The largest absolute Gasteiger partial charge is 0.343 e. The maximum absolute atomic E-state index is 14.3. The van der Waals surface area contributed by atoms with E-state index in [1.54, 1.807) is 12.1 Å². The molecule has 31 heavy (non-hydrogen) atoms. The highest BCUT2D eigenvalue weighted by Gasteiger charge is 2.52. The van der Waals surface area contributed by atoms with E-state index in [4.69, 9.17) is 0 Å². The van der Waals surface area contributed by atoms with E-state index < -0.39 is 0 Å². The number of hydrogen-bond donors (Lipinski definition) is 1. The van der Waals surface area contributed by atoms with Crippen molar-refractivity contribution in [1.82, 2.24) is 9.88 Å². The van der Waals surface area contributed by atoms with Crippen LogP contribution in [0.5, 0.6) is 0 Å². The molecule has 2 aromatic carbocycles. The molecule has 0 unspecified atom stereocenters. The second kappa shape index (κ2) is 7.48. The Bertz CT molecular complexity index is 1060. The van der Waals surface area contributed by atoms with Crippen molar-refractivity contribution >= 4 is 10.9 Å². The topological polar surface area (TPSA) is 17.0 Å². The van der Waals surface area contributed by atoms with Gasteiger partial charge in [-0.3, -0.25) is 0 Å². The molecule has 4 aliphatic carbocycles. The summed E-state index contributed by atoms with van der Waals surface area (Å²) >= 11 is 0. The first-order chi connectivity index (χ1) is 15.1. The van der Waals surface area contributed by atoms with Crippen LogP contribution in [0.15, 0.2) is 54.7 Å². The molecule has 3 heteroatoms. The van der Waals surface area contributed by atoms with Crippen molar-refractivity contribution in [2.45, 2.75) is 64.6 Å². The van der Waals surface area contributed by atoms with Gasteiger partial charge in [-0.15, -0.1) is 0 Å². The smallest absolute Gasteiger partial charge is 0.128 e. The zero-order valence-electron chi connectivity index (χ0n) is 18.5. The second-order valence-corrected chi connectivity index (χ2v) is 10.8. The van der Waals surface area contributed by atoms with E-state index in [-0.39, 0.29) is 5.82 Å². The molecule has 0 radical (unpaired) electrons. The predicted octanol–water partition coefficient (Wildman–Crippen LogP) is 6.52. The SMILES string of the molecule is C[C@H](NCc1cn(Cc2ccccc2F)c2ccccc12)C12CC3CC(CC(C3)C1)C2. The minimum Gasteiger partial charge on any atom is -0.343 e. The lowest BCUT2D eigenvalue weighted by Gasteiger charge is -2.59. The summed E-state index contributed by atoms with van der Waals surface area (Å²) in [5.74, 6) is 2.82. The van der Waals surface area contributed by atoms with Gasteiger partial charge in [0.25, 0.3) is 0 Å². The summed E-state index contributed by atoms with van der Waals surface area (Å²) in [6, 6.07) is 16.2. The Morgan fingerprint density at radius 2 is 1.58 bits per heavy atom. The first kappa shape index (κ1) is 19.5.